The van der Waals surface area contributed by atoms with Gasteiger partial charge in [-0.25, -0.2) is 0 Å². The minimum Gasteiger partial charge on any atom is -0.373 e. The summed E-state index contributed by atoms with van der Waals surface area (Å²) < 4.78 is 0. The first-order valence-electron chi connectivity index (χ1n) is 5.80. The van der Waals surface area contributed by atoms with E-state index < -0.39 is 5.56 Å². The van der Waals surface area contributed by atoms with E-state index in [9.17, 15) is 5.11 Å². The Bertz CT molecular complexity index is 357. The highest BCUT2D eigenvalue weighted by Crippen LogP contribution is 2.39. The quantitative estimate of drug-likeness (QED) is 0.768. The van der Waals surface area contributed by atoms with Gasteiger partial charge in [-0.2, -0.15) is 0 Å². The lowest BCUT2D eigenvalue weighted by Gasteiger charge is -2.25. The molecule has 16 heavy (non-hydrogen) atoms. The molecule has 0 amide bonds. The second-order valence-electron chi connectivity index (χ2n) is 4.41. The van der Waals surface area contributed by atoms with E-state index in [2.05, 4.69) is 0 Å². The lowest BCUT2D eigenvalue weighted by molar-refractivity contribution is 0.260. The number of hydrogen-bond acceptors (Lipinski definition) is 1. The molecule has 0 saturated heterocycles. The lowest BCUT2D eigenvalue weighted by atomic mass is 9.82. The largest absolute Gasteiger partial charge is 0.373 e. The third-order valence-electron chi connectivity index (χ3n) is 3.37. The van der Waals surface area contributed by atoms with Crippen LogP contribution in [0.15, 0.2) is 18.2 Å². The van der Waals surface area contributed by atoms with Crippen molar-refractivity contribution in [2.45, 2.75) is 43.6 Å². The molecule has 1 N–H and O–H groups in total. The highest BCUT2D eigenvalue weighted by atomic mass is 35.5. The van der Waals surface area contributed by atoms with Crippen molar-refractivity contribution in [1.82, 2.24) is 0 Å². The number of rotatable bonds is 2. The van der Waals surface area contributed by atoms with Gasteiger partial charge in [0, 0.05) is 10.6 Å². The third kappa shape index (κ3) is 2.53. The minimum absolute atomic E-state index is 0.510. The summed E-state index contributed by atoms with van der Waals surface area (Å²) in [6.07, 6.45) is 6.19. The number of halogens is 2. The van der Waals surface area contributed by atoms with Crippen LogP contribution in [0.5, 0.6) is 0 Å². The molecular weight excluding hydrogens is 243 g/mol. The molecule has 1 aromatic rings. The number of hydrogen-bond donors (Lipinski definition) is 1. The van der Waals surface area contributed by atoms with Crippen molar-refractivity contribution in [3.63, 3.8) is 0 Å². The van der Waals surface area contributed by atoms with Crippen LogP contribution in [0.1, 0.15) is 54.7 Å². The Morgan fingerprint density at radius 1 is 1.19 bits per heavy atom. The normalized spacial score (nSPS) is 19.7. The summed E-state index contributed by atoms with van der Waals surface area (Å²) in [6.45, 7) is 0. The van der Waals surface area contributed by atoms with E-state index in [-0.39, 0.29) is 0 Å². The molecule has 2 rings (SSSR count). The standard InChI is InChI=1S/C13H16Cl2O/c14-11-8-4-7-10(12(11)13(15)16)9-5-2-1-3-6-9/h4,7-9,13,16H,1-3,5-6H2. The fourth-order valence-corrected chi connectivity index (χ4v) is 3.16. The zero-order valence-corrected chi connectivity index (χ0v) is 10.6. The average molecular weight is 259 g/mol. The van der Waals surface area contributed by atoms with Crippen molar-refractivity contribution < 1.29 is 5.11 Å². The summed E-state index contributed by atoms with van der Waals surface area (Å²) in [5.74, 6) is 0.510. The van der Waals surface area contributed by atoms with Crippen LogP contribution in [0.25, 0.3) is 0 Å². The van der Waals surface area contributed by atoms with Gasteiger partial charge in [-0.1, -0.05) is 54.6 Å². The number of aliphatic hydroxyl groups excluding tert-OH is 1. The number of aliphatic hydroxyl groups is 1. The van der Waals surface area contributed by atoms with Crippen LogP contribution in [0.4, 0.5) is 0 Å². The van der Waals surface area contributed by atoms with Gasteiger partial charge in [-0.3, -0.25) is 0 Å². The third-order valence-corrected chi connectivity index (χ3v) is 3.92. The second-order valence-corrected chi connectivity index (χ2v) is 5.23. The molecule has 3 heteroatoms. The molecule has 1 atom stereocenters. The molecule has 1 saturated carbocycles. The van der Waals surface area contributed by atoms with Crippen molar-refractivity contribution >= 4 is 23.2 Å². The molecule has 0 bridgehead atoms. The maximum absolute atomic E-state index is 9.60. The summed E-state index contributed by atoms with van der Waals surface area (Å²) >= 11 is 11.9. The van der Waals surface area contributed by atoms with Gasteiger partial charge in [-0.05, 0) is 30.4 Å². The predicted octanol–water partition coefficient (Wildman–Crippen LogP) is 4.62. The molecule has 1 aliphatic rings. The Kier molecular flexibility index (Phi) is 4.12. The molecule has 1 aromatic carbocycles. The van der Waals surface area contributed by atoms with Gasteiger partial charge >= 0.3 is 0 Å². The molecule has 1 unspecified atom stereocenters. The fourth-order valence-electron chi connectivity index (χ4n) is 2.57. The molecule has 0 aromatic heterocycles. The van der Waals surface area contributed by atoms with Crippen LogP contribution in [-0.4, -0.2) is 5.11 Å². The molecule has 0 aliphatic heterocycles. The maximum atomic E-state index is 9.60. The zero-order chi connectivity index (χ0) is 11.5. The summed E-state index contributed by atoms with van der Waals surface area (Å²) in [4.78, 5) is 0. The summed E-state index contributed by atoms with van der Waals surface area (Å²) in [6, 6.07) is 5.77. The molecule has 88 valence electrons. The zero-order valence-electron chi connectivity index (χ0n) is 9.13. The molecule has 0 heterocycles. The Balaban J connectivity index is 2.34. The molecule has 0 radical (unpaired) electrons. The number of benzene rings is 1. The summed E-state index contributed by atoms with van der Waals surface area (Å²) in [5.41, 5.74) is 0.845. The van der Waals surface area contributed by atoms with E-state index >= 15 is 0 Å². The van der Waals surface area contributed by atoms with E-state index in [1.807, 2.05) is 12.1 Å². The van der Waals surface area contributed by atoms with E-state index in [0.29, 0.717) is 16.5 Å². The van der Waals surface area contributed by atoms with Gasteiger partial charge in [-0.15, -0.1) is 0 Å². The van der Waals surface area contributed by atoms with Crippen molar-refractivity contribution in [1.29, 1.82) is 0 Å². The molecule has 1 fully saturated rings. The van der Waals surface area contributed by atoms with E-state index in [4.69, 9.17) is 23.2 Å². The van der Waals surface area contributed by atoms with Crippen molar-refractivity contribution in [2.75, 3.05) is 0 Å². The van der Waals surface area contributed by atoms with Crippen LogP contribution in [0, 0.1) is 0 Å². The Hall–Kier alpha value is -0.240. The van der Waals surface area contributed by atoms with Crippen LogP contribution >= 0.6 is 23.2 Å². The highest BCUT2D eigenvalue weighted by Gasteiger charge is 2.22. The molecule has 1 nitrogen and oxygen atoms in total. The van der Waals surface area contributed by atoms with Crippen molar-refractivity contribution in [3.8, 4) is 0 Å². The number of alkyl halides is 1. The minimum atomic E-state index is -0.995. The second kappa shape index (κ2) is 5.39. The van der Waals surface area contributed by atoms with Gasteiger partial charge in [0.05, 0.1) is 0 Å². The van der Waals surface area contributed by atoms with Crippen LogP contribution in [-0.2, 0) is 0 Å². The summed E-state index contributed by atoms with van der Waals surface area (Å²) in [7, 11) is 0. The molecular formula is C13H16Cl2O. The van der Waals surface area contributed by atoms with Gasteiger partial charge in [0.1, 0.15) is 0 Å². The smallest absolute Gasteiger partial charge is 0.155 e. The molecule has 1 aliphatic carbocycles. The van der Waals surface area contributed by atoms with E-state index in [1.165, 1.54) is 32.1 Å². The van der Waals surface area contributed by atoms with Gasteiger partial charge < -0.3 is 5.11 Å². The summed E-state index contributed by atoms with van der Waals surface area (Å²) in [5, 5.41) is 10.2. The topological polar surface area (TPSA) is 20.2 Å². The van der Waals surface area contributed by atoms with Crippen molar-refractivity contribution in [3.05, 3.63) is 34.3 Å². The SMILES string of the molecule is OC(Cl)c1c(Cl)cccc1C1CCCCC1. The first-order valence-corrected chi connectivity index (χ1v) is 6.62. The van der Waals surface area contributed by atoms with E-state index in [1.54, 1.807) is 6.07 Å². The predicted molar refractivity (Wildman–Crippen MR) is 68.1 cm³/mol. The Labute approximate surface area is 106 Å². The van der Waals surface area contributed by atoms with Crippen LogP contribution in [0.3, 0.4) is 0 Å². The van der Waals surface area contributed by atoms with E-state index in [0.717, 1.165) is 5.56 Å². The monoisotopic (exact) mass is 258 g/mol. The van der Waals surface area contributed by atoms with Gasteiger partial charge in [0.25, 0.3) is 0 Å². The van der Waals surface area contributed by atoms with Gasteiger partial charge in [0.2, 0.25) is 0 Å². The maximum Gasteiger partial charge on any atom is 0.155 e. The Morgan fingerprint density at radius 3 is 2.50 bits per heavy atom. The average Bonchev–Trinajstić information content (AvgIpc) is 2.29. The van der Waals surface area contributed by atoms with Gasteiger partial charge in [0.15, 0.2) is 5.56 Å². The lowest BCUT2D eigenvalue weighted by Crippen LogP contribution is -2.08. The Morgan fingerprint density at radius 2 is 1.88 bits per heavy atom. The fraction of sp³-hybridized carbons (Fsp3) is 0.538. The van der Waals surface area contributed by atoms with Crippen molar-refractivity contribution in [2.24, 2.45) is 0 Å². The first-order chi connectivity index (χ1) is 7.70. The highest BCUT2D eigenvalue weighted by molar-refractivity contribution is 6.32. The molecule has 0 spiro atoms. The first kappa shape index (κ1) is 12.2. The van der Waals surface area contributed by atoms with Crippen LogP contribution < -0.4 is 0 Å². The van der Waals surface area contributed by atoms with Crippen LogP contribution in [0.2, 0.25) is 5.02 Å².